The van der Waals surface area contributed by atoms with Gasteiger partial charge in [-0.3, -0.25) is 9.89 Å². The van der Waals surface area contributed by atoms with E-state index in [2.05, 4.69) is 15.2 Å². The highest BCUT2D eigenvalue weighted by molar-refractivity contribution is 6.07. The number of hydrogen-bond acceptors (Lipinski definition) is 3. The molecule has 2 aromatic heterocycles. The van der Waals surface area contributed by atoms with E-state index in [9.17, 15) is 9.18 Å². The van der Waals surface area contributed by atoms with E-state index in [0.29, 0.717) is 17.1 Å². The summed E-state index contributed by atoms with van der Waals surface area (Å²) >= 11 is 0. The minimum atomic E-state index is -0.297. The van der Waals surface area contributed by atoms with E-state index in [-0.39, 0.29) is 11.6 Å². The number of aromatic amines is 2. The molecule has 5 rings (SSSR count). The molecule has 3 aromatic carbocycles. The summed E-state index contributed by atoms with van der Waals surface area (Å²) in [4.78, 5) is 20.4. The molecule has 0 aliphatic carbocycles. The van der Waals surface area contributed by atoms with Gasteiger partial charge in [-0.25, -0.2) is 9.37 Å². The minimum absolute atomic E-state index is 0.0919. The maximum atomic E-state index is 13.7. The van der Waals surface area contributed by atoms with Crippen molar-refractivity contribution in [1.82, 2.24) is 20.2 Å². The van der Waals surface area contributed by atoms with Gasteiger partial charge in [-0.1, -0.05) is 54.6 Å². The zero-order chi connectivity index (χ0) is 21.2. The van der Waals surface area contributed by atoms with E-state index in [1.54, 1.807) is 30.5 Å². The third-order valence-electron chi connectivity index (χ3n) is 5.03. The number of aromatic nitrogens is 4. The Bertz CT molecular complexity index is 1420. The van der Waals surface area contributed by atoms with Crippen LogP contribution in [0, 0.1) is 5.82 Å². The number of allylic oxidation sites excluding steroid dienone is 1. The largest absolute Gasteiger partial charge is 0.337 e. The molecule has 0 fully saturated rings. The molecule has 0 bridgehead atoms. The van der Waals surface area contributed by atoms with Gasteiger partial charge in [0.1, 0.15) is 11.5 Å². The lowest BCUT2D eigenvalue weighted by Crippen LogP contribution is -1.93. The van der Waals surface area contributed by atoms with Crippen LogP contribution in [0.5, 0.6) is 0 Å². The maximum Gasteiger partial charge on any atom is 0.185 e. The smallest absolute Gasteiger partial charge is 0.185 e. The number of carbonyl (C=O) groups is 1. The van der Waals surface area contributed by atoms with Crippen LogP contribution in [0.3, 0.4) is 0 Å². The topological polar surface area (TPSA) is 74.4 Å². The summed E-state index contributed by atoms with van der Waals surface area (Å²) in [5.41, 5.74) is 5.15. The number of hydrogen-bond donors (Lipinski definition) is 2. The molecule has 5 nitrogen and oxygen atoms in total. The van der Waals surface area contributed by atoms with Gasteiger partial charge < -0.3 is 4.98 Å². The number of fused-ring (bicyclic) bond motifs is 1. The average molecular weight is 408 g/mol. The van der Waals surface area contributed by atoms with Crippen LogP contribution in [-0.4, -0.2) is 25.9 Å². The Kier molecular flexibility index (Phi) is 4.72. The van der Waals surface area contributed by atoms with Crippen LogP contribution >= 0.6 is 0 Å². The number of nitrogens with zero attached hydrogens (tertiary/aromatic N) is 2. The molecule has 2 heterocycles. The fraction of sp³-hybridized carbons (Fsp3) is 0. The van der Waals surface area contributed by atoms with E-state index in [1.807, 2.05) is 42.5 Å². The number of nitrogens with one attached hydrogen (secondary N) is 2. The van der Waals surface area contributed by atoms with Gasteiger partial charge in [-0.2, -0.15) is 5.10 Å². The van der Waals surface area contributed by atoms with E-state index < -0.39 is 0 Å². The highest BCUT2D eigenvalue weighted by Crippen LogP contribution is 2.30. The van der Waals surface area contributed by atoms with Crippen molar-refractivity contribution in [3.63, 3.8) is 0 Å². The molecule has 0 saturated carbocycles. The van der Waals surface area contributed by atoms with Crippen molar-refractivity contribution < 1.29 is 9.18 Å². The number of rotatable bonds is 5. The fourth-order valence-corrected chi connectivity index (χ4v) is 3.52. The van der Waals surface area contributed by atoms with E-state index in [1.165, 1.54) is 18.2 Å². The molecule has 0 radical (unpaired) electrons. The number of carbonyl (C=O) groups excluding carboxylic acids is 1. The third-order valence-corrected chi connectivity index (χ3v) is 5.03. The summed E-state index contributed by atoms with van der Waals surface area (Å²) in [6, 6.07) is 21.2. The van der Waals surface area contributed by atoms with Crippen molar-refractivity contribution in [2.45, 2.75) is 0 Å². The van der Waals surface area contributed by atoms with E-state index in [4.69, 9.17) is 4.98 Å². The van der Waals surface area contributed by atoms with Gasteiger partial charge in [-0.15, -0.1) is 0 Å². The van der Waals surface area contributed by atoms with Crippen molar-refractivity contribution >= 4 is 22.9 Å². The Hall–Kier alpha value is -4.32. The van der Waals surface area contributed by atoms with Crippen molar-refractivity contribution in [3.8, 4) is 22.6 Å². The van der Waals surface area contributed by atoms with Crippen molar-refractivity contribution in [2.75, 3.05) is 0 Å². The average Bonchev–Trinajstić information content (AvgIpc) is 3.44. The summed E-state index contributed by atoms with van der Waals surface area (Å²) < 4.78 is 13.7. The van der Waals surface area contributed by atoms with Crippen LogP contribution in [-0.2, 0) is 0 Å². The second kappa shape index (κ2) is 7.84. The lowest BCUT2D eigenvalue weighted by molar-refractivity contribution is 0.104. The van der Waals surface area contributed by atoms with Gasteiger partial charge in [0.2, 0.25) is 0 Å². The lowest BCUT2D eigenvalue weighted by Gasteiger charge is -2.02. The predicted molar refractivity (Wildman–Crippen MR) is 119 cm³/mol. The van der Waals surface area contributed by atoms with Crippen molar-refractivity contribution in [1.29, 1.82) is 0 Å². The Morgan fingerprint density at radius 3 is 2.65 bits per heavy atom. The Morgan fingerprint density at radius 2 is 1.81 bits per heavy atom. The van der Waals surface area contributed by atoms with Crippen molar-refractivity contribution in [3.05, 3.63) is 102 Å². The second-order valence-corrected chi connectivity index (χ2v) is 7.06. The molecule has 150 valence electrons. The number of para-hydroxylation sites is 1. The van der Waals surface area contributed by atoms with Crippen LogP contribution in [0.25, 0.3) is 39.8 Å². The molecule has 0 spiro atoms. The van der Waals surface area contributed by atoms with Crippen LogP contribution in [0.4, 0.5) is 4.39 Å². The minimum Gasteiger partial charge on any atom is -0.337 e. The molecule has 0 atom stereocenters. The highest BCUT2D eigenvalue weighted by Gasteiger charge is 2.14. The Labute approximate surface area is 177 Å². The molecular weight excluding hydrogens is 391 g/mol. The fourth-order valence-electron chi connectivity index (χ4n) is 3.52. The molecule has 31 heavy (non-hydrogen) atoms. The molecule has 2 N–H and O–H groups in total. The van der Waals surface area contributed by atoms with Gasteiger partial charge in [0.05, 0.1) is 17.2 Å². The summed E-state index contributed by atoms with van der Waals surface area (Å²) in [5.74, 6) is 0.197. The van der Waals surface area contributed by atoms with Gasteiger partial charge in [0, 0.05) is 16.7 Å². The highest BCUT2D eigenvalue weighted by atomic mass is 19.1. The van der Waals surface area contributed by atoms with E-state index in [0.717, 1.165) is 27.7 Å². The molecule has 5 aromatic rings. The third kappa shape index (κ3) is 3.67. The Morgan fingerprint density at radius 1 is 0.968 bits per heavy atom. The van der Waals surface area contributed by atoms with E-state index >= 15 is 0 Å². The molecule has 0 aliphatic heterocycles. The SMILES string of the molecule is O=C(/C=C/c1cn[nH]c1-c1nc2c(-c3cccc(F)c3)cccc2[nH]1)c1ccccc1. The number of imidazole rings is 1. The number of H-pyrrole nitrogens is 2. The maximum absolute atomic E-state index is 13.7. The van der Waals surface area contributed by atoms with Crippen LogP contribution < -0.4 is 0 Å². The quantitative estimate of drug-likeness (QED) is 0.291. The van der Waals surface area contributed by atoms with Crippen LogP contribution in [0.15, 0.2) is 85.1 Å². The van der Waals surface area contributed by atoms with Gasteiger partial charge in [0.25, 0.3) is 0 Å². The van der Waals surface area contributed by atoms with Gasteiger partial charge >= 0.3 is 0 Å². The van der Waals surface area contributed by atoms with Gasteiger partial charge in [-0.05, 0) is 35.9 Å². The zero-order valence-corrected chi connectivity index (χ0v) is 16.3. The van der Waals surface area contributed by atoms with Crippen LogP contribution in [0.1, 0.15) is 15.9 Å². The lowest BCUT2D eigenvalue weighted by atomic mass is 10.0. The summed E-state index contributed by atoms with van der Waals surface area (Å²) in [6.07, 6.45) is 4.88. The molecule has 0 unspecified atom stereocenters. The first-order valence-electron chi connectivity index (χ1n) is 9.75. The molecule has 0 amide bonds. The summed E-state index contributed by atoms with van der Waals surface area (Å²) in [5, 5.41) is 7.06. The Balaban J connectivity index is 1.52. The normalized spacial score (nSPS) is 11.4. The monoisotopic (exact) mass is 408 g/mol. The second-order valence-electron chi connectivity index (χ2n) is 7.06. The first-order chi connectivity index (χ1) is 15.2. The molecule has 6 heteroatoms. The zero-order valence-electron chi connectivity index (χ0n) is 16.3. The first-order valence-corrected chi connectivity index (χ1v) is 9.75. The van der Waals surface area contributed by atoms with Gasteiger partial charge in [0.15, 0.2) is 11.6 Å². The van der Waals surface area contributed by atoms with Crippen LogP contribution in [0.2, 0.25) is 0 Å². The summed E-state index contributed by atoms with van der Waals surface area (Å²) in [7, 11) is 0. The molecule has 0 aliphatic rings. The number of halogens is 1. The predicted octanol–water partition coefficient (Wildman–Crippen LogP) is 5.66. The van der Waals surface area contributed by atoms with Crippen molar-refractivity contribution in [2.24, 2.45) is 0 Å². The number of benzene rings is 3. The first kappa shape index (κ1) is 18.7. The standard InChI is InChI=1S/C25H17FN4O/c26-19-9-4-8-17(14-19)20-10-5-11-21-24(20)29-25(28-21)23-18(15-27-30-23)12-13-22(31)16-6-2-1-3-7-16/h1-15H,(H,27,30)(H,28,29)/b13-12+. The molecule has 0 saturated heterocycles. The number of ketones is 1. The molecular formula is C25H17FN4O. The summed E-state index contributed by atoms with van der Waals surface area (Å²) in [6.45, 7) is 0.